The minimum absolute atomic E-state index is 0.112. The number of amides is 1. The number of piperazine rings is 1. The third-order valence-electron chi connectivity index (χ3n) is 2.91. The smallest absolute Gasteiger partial charge is 0.236 e. The average molecular weight is 212 g/mol. The minimum atomic E-state index is 0.112. The van der Waals surface area contributed by atoms with Gasteiger partial charge in [-0.05, 0) is 12.8 Å². The molecule has 1 unspecified atom stereocenters. The molecular weight excluding hydrogens is 192 g/mol. The summed E-state index contributed by atoms with van der Waals surface area (Å²) in [5.74, 6) is 0.657. The van der Waals surface area contributed by atoms with Gasteiger partial charge in [0.1, 0.15) is 5.78 Å². The zero-order valence-electron chi connectivity index (χ0n) is 9.99. The van der Waals surface area contributed by atoms with Crippen LogP contribution in [-0.2, 0) is 9.59 Å². The van der Waals surface area contributed by atoms with Crippen LogP contribution in [0.3, 0.4) is 0 Å². The molecule has 1 heterocycles. The Morgan fingerprint density at radius 3 is 2.60 bits per heavy atom. The van der Waals surface area contributed by atoms with Crippen LogP contribution in [0.2, 0.25) is 0 Å². The molecule has 1 aliphatic heterocycles. The lowest BCUT2D eigenvalue weighted by atomic mass is 10.00. The third-order valence-corrected chi connectivity index (χ3v) is 2.91. The molecule has 4 heteroatoms. The molecule has 0 aromatic carbocycles. The van der Waals surface area contributed by atoms with Gasteiger partial charge in [0, 0.05) is 19.6 Å². The van der Waals surface area contributed by atoms with E-state index in [1.807, 2.05) is 11.9 Å². The monoisotopic (exact) mass is 212 g/mol. The van der Waals surface area contributed by atoms with Gasteiger partial charge in [-0.2, -0.15) is 0 Å². The molecule has 1 atom stereocenters. The number of likely N-dealkylation sites (N-methyl/N-ethyl adjacent to an activating group) is 1. The Morgan fingerprint density at radius 2 is 2.13 bits per heavy atom. The van der Waals surface area contributed by atoms with Crippen molar-refractivity contribution < 1.29 is 9.59 Å². The van der Waals surface area contributed by atoms with Gasteiger partial charge in [-0.15, -0.1) is 0 Å². The van der Waals surface area contributed by atoms with Crippen LogP contribution in [0.1, 0.15) is 20.8 Å². The van der Waals surface area contributed by atoms with Crippen molar-refractivity contribution in [3.63, 3.8) is 0 Å². The maximum absolute atomic E-state index is 11.7. The molecule has 0 spiro atoms. The van der Waals surface area contributed by atoms with Crippen molar-refractivity contribution in [1.29, 1.82) is 0 Å². The van der Waals surface area contributed by atoms with Crippen LogP contribution in [0.4, 0.5) is 0 Å². The van der Waals surface area contributed by atoms with Crippen molar-refractivity contribution in [2.75, 3.05) is 26.7 Å². The lowest BCUT2D eigenvalue weighted by Gasteiger charge is -2.40. The van der Waals surface area contributed by atoms with Gasteiger partial charge in [-0.1, -0.05) is 13.8 Å². The SMILES string of the molecule is CC(=O)CN1CC(=O)N(C)C(C(C)C)C1. The molecule has 0 saturated carbocycles. The molecule has 1 rings (SSSR count). The van der Waals surface area contributed by atoms with Crippen LogP contribution in [0.25, 0.3) is 0 Å². The van der Waals surface area contributed by atoms with Crippen molar-refractivity contribution >= 4 is 11.7 Å². The molecular formula is C11H20N2O2. The first-order valence-corrected chi connectivity index (χ1v) is 5.39. The van der Waals surface area contributed by atoms with Crippen LogP contribution in [-0.4, -0.2) is 54.2 Å². The molecule has 0 N–H and O–H groups in total. The fourth-order valence-electron chi connectivity index (χ4n) is 2.03. The van der Waals surface area contributed by atoms with E-state index in [0.29, 0.717) is 19.0 Å². The summed E-state index contributed by atoms with van der Waals surface area (Å²) in [7, 11) is 1.85. The Bertz CT molecular complexity index is 263. The van der Waals surface area contributed by atoms with Gasteiger partial charge in [0.15, 0.2) is 0 Å². The molecule has 1 saturated heterocycles. The fourth-order valence-corrected chi connectivity index (χ4v) is 2.03. The fraction of sp³-hybridized carbons (Fsp3) is 0.818. The van der Waals surface area contributed by atoms with E-state index in [2.05, 4.69) is 13.8 Å². The average Bonchev–Trinajstić information content (AvgIpc) is 2.09. The molecule has 15 heavy (non-hydrogen) atoms. The highest BCUT2D eigenvalue weighted by molar-refractivity contribution is 5.81. The molecule has 0 aliphatic carbocycles. The quantitative estimate of drug-likeness (QED) is 0.679. The summed E-state index contributed by atoms with van der Waals surface area (Å²) in [5, 5.41) is 0. The van der Waals surface area contributed by atoms with Gasteiger partial charge in [0.2, 0.25) is 5.91 Å². The first-order valence-electron chi connectivity index (χ1n) is 5.39. The highest BCUT2D eigenvalue weighted by Gasteiger charge is 2.31. The van der Waals surface area contributed by atoms with Crippen LogP contribution in [0, 0.1) is 5.92 Å². The predicted molar refractivity (Wildman–Crippen MR) is 58.5 cm³/mol. The molecule has 1 fully saturated rings. The van der Waals surface area contributed by atoms with E-state index in [1.165, 1.54) is 0 Å². The number of hydrogen-bond acceptors (Lipinski definition) is 3. The Hall–Kier alpha value is -0.900. The molecule has 0 aromatic rings. The van der Waals surface area contributed by atoms with E-state index >= 15 is 0 Å². The molecule has 0 radical (unpaired) electrons. The Morgan fingerprint density at radius 1 is 1.53 bits per heavy atom. The molecule has 0 aromatic heterocycles. The second-order valence-electron chi connectivity index (χ2n) is 4.69. The van der Waals surface area contributed by atoms with E-state index in [9.17, 15) is 9.59 Å². The summed E-state index contributed by atoms with van der Waals surface area (Å²) in [6, 6.07) is 0.227. The van der Waals surface area contributed by atoms with Gasteiger partial charge < -0.3 is 4.90 Å². The first kappa shape index (κ1) is 12.2. The highest BCUT2D eigenvalue weighted by Crippen LogP contribution is 2.15. The van der Waals surface area contributed by atoms with Crippen molar-refractivity contribution in [3.8, 4) is 0 Å². The number of rotatable bonds is 3. The topological polar surface area (TPSA) is 40.6 Å². The Kier molecular flexibility index (Phi) is 3.85. The van der Waals surface area contributed by atoms with Crippen molar-refractivity contribution in [3.05, 3.63) is 0 Å². The number of carbonyl (C=O) groups is 2. The lowest BCUT2D eigenvalue weighted by Crippen LogP contribution is -2.57. The second-order valence-corrected chi connectivity index (χ2v) is 4.69. The summed E-state index contributed by atoms with van der Waals surface area (Å²) < 4.78 is 0. The molecule has 1 aliphatic rings. The zero-order valence-corrected chi connectivity index (χ0v) is 9.99. The van der Waals surface area contributed by atoms with Crippen molar-refractivity contribution in [1.82, 2.24) is 9.80 Å². The Labute approximate surface area is 91.2 Å². The van der Waals surface area contributed by atoms with E-state index in [4.69, 9.17) is 0 Å². The van der Waals surface area contributed by atoms with E-state index < -0.39 is 0 Å². The van der Waals surface area contributed by atoms with Crippen LogP contribution in [0.15, 0.2) is 0 Å². The highest BCUT2D eigenvalue weighted by atomic mass is 16.2. The minimum Gasteiger partial charge on any atom is -0.340 e. The van der Waals surface area contributed by atoms with Crippen LogP contribution >= 0.6 is 0 Å². The second kappa shape index (κ2) is 4.75. The molecule has 0 bridgehead atoms. The summed E-state index contributed by atoms with van der Waals surface area (Å²) in [5.41, 5.74) is 0. The van der Waals surface area contributed by atoms with Crippen LogP contribution < -0.4 is 0 Å². The van der Waals surface area contributed by atoms with E-state index in [-0.39, 0.29) is 17.7 Å². The molecule has 4 nitrogen and oxygen atoms in total. The number of nitrogens with zero attached hydrogens (tertiary/aromatic N) is 2. The van der Waals surface area contributed by atoms with Gasteiger partial charge in [-0.25, -0.2) is 0 Å². The summed E-state index contributed by atoms with van der Waals surface area (Å²) >= 11 is 0. The van der Waals surface area contributed by atoms with Crippen molar-refractivity contribution in [2.45, 2.75) is 26.8 Å². The number of ketones is 1. The summed E-state index contributed by atoms with van der Waals surface area (Å²) in [4.78, 5) is 26.4. The predicted octanol–water partition coefficient (Wildman–Crippen LogP) is 0.374. The van der Waals surface area contributed by atoms with Gasteiger partial charge >= 0.3 is 0 Å². The van der Waals surface area contributed by atoms with Crippen molar-refractivity contribution in [2.24, 2.45) is 5.92 Å². The van der Waals surface area contributed by atoms with Crippen LogP contribution in [0.5, 0.6) is 0 Å². The molecule has 86 valence electrons. The lowest BCUT2D eigenvalue weighted by molar-refractivity contribution is -0.140. The third kappa shape index (κ3) is 3.02. The van der Waals surface area contributed by atoms with Gasteiger partial charge in [0.05, 0.1) is 13.1 Å². The van der Waals surface area contributed by atoms with E-state index in [0.717, 1.165) is 6.54 Å². The summed E-state index contributed by atoms with van der Waals surface area (Å²) in [6.45, 7) is 7.34. The van der Waals surface area contributed by atoms with Gasteiger partial charge in [-0.3, -0.25) is 14.5 Å². The Balaban J connectivity index is 2.66. The zero-order chi connectivity index (χ0) is 11.6. The maximum Gasteiger partial charge on any atom is 0.236 e. The number of hydrogen-bond donors (Lipinski definition) is 0. The summed E-state index contributed by atoms with van der Waals surface area (Å²) in [6.07, 6.45) is 0. The first-order chi connectivity index (χ1) is 6.91. The normalized spacial score (nSPS) is 23.7. The van der Waals surface area contributed by atoms with Gasteiger partial charge in [0.25, 0.3) is 0 Å². The number of carbonyl (C=O) groups excluding carboxylic acids is 2. The molecule has 1 amide bonds. The standard InChI is InChI=1S/C11H20N2O2/c1-8(2)10-6-13(5-9(3)14)7-11(15)12(10)4/h8,10H,5-7H2,1-4H3. The largest absolute Gasteiger partial charge is 0.340 e. The maximum atomic E-state index is 11.7. The number of Topliss-reactive ketones (excluding diaryl/α,β-unsaturated/α-hetero) is 1. The van der Waals surface area contributed by atoms with E-state index in [1.54, 1.807) is 11.8 Å².